The number of ether oxygens (including phenoxy) is 1. The second-order valence-electron chi connectivity index (χ2n) is 2.77. The van der Waals surface area contributed by atoms with Crippen LogP contribution in [0.5, 0.6) is 5.75 Å². The Hall–Kier alpha value is -0.780. The maximum atomic E-state index is 5.11. The molecule has 0 fully saturated rings. The lowest BCUT2D eigenvalue weighted by molar-refractivity contribution is 0.415. The maximum absolute atomic E-state index is 5.11. The van der Waals surface area contributed by atoms with Crippen molar-refractivity contribution in [2.45, 2.75) is 0 Å². The van der Waals surface area contributed by atoms with Gasteiger partial charge in [-0.1, -0.05) is 0 Å². The smallest absolute Gasteiger partial charge is 0.352 e. The summed E-state index contributed by atoms with van der Waals surface area (Å²) in [7, 11) is 1.67. The SMILES string of the molecule is COc1ccc(-c2nsc(=[S+]C)s2)cc1. The molecule has 0 saturated heterocycles. The fourth-order valence-corrected chi connectivity index (χ4v) is 3.53. The van der Waals surface area contributed by atoms with Crippen molar-refractivity contribution in [3.63, 3.8) is 0 Å². The number of methoxy groups -OCH3 is 1. The van der Waals surface area contributed by atoms with Crippen LogP contribution in [0.4, 0.5) is 0 Å². The van der Waals surface area contributed by atoms with Gasteiger partial charge in [0.25, 0.3) is 0 Å². The molecule has 2 aromatic rings. The molecule has 15 heavy (non-hydrogen) atoms. The van der Waals surface area contributed by atoms with E-state index in [0.717, 1.165) is 16.3 Å². The predicted octanol–water partition coefficient (Wildman–Crippen LogP) is 3.12. The molecular weight excluding hydrogens is 246 g/mol. The summed E-state index contributed by atoms with van der Waals surface area (Å²) >= 11 is 5.03. The van der Waals surface area contributed by atoms with Crippen molar-refractivity contribution in [2.75, 3.05) is 13.4 Å². The first-order valence-electron chi connectivity index (χ1n) is 4.31. The van der Waals surface area contributed by atoms with Crippen LogP contribution in [0.25, 0.3) is 10.6 Å². The molecule has 0 bridgehead atoms. The van der Waals surface area contributed by atoms with Gasteiger partial charge in [0.15, 0.2) is 6.26 Å². The molecule has 0 saturated carbocycles. The zero-order valence-electron chi connectivity index (χ0n) is 8.39. The summed E-state index contributed by atoms with van der Waals surface area (Å²) in [4.78, 5) is 0. The van der Waals surface area contributed by atoms with Crippen molar-refractivity contribution in [2.24, 2.45) is 0 Å². The van der Waals surface area contributed by atoms with Crippen molar-refractivity contribution in [1.29, 1.82) is 0 Å². The summed E-state index contributed by atoms with van der Waals surface area (Å²) < 4.78 is 10.8. The van der Waals surface area contributed by atoms with Crippen LogP contribution in [0.2, 0.25) is 0 Å². The van der Waals surface area contributed by atoms with Crippen LogP contribution in [0.15, 0.2) is 24.3 Å². The molecule has 1 aromatic heterocycles. The Morgan fingerprint density at radius 3 is 2.53 bits per heavy atom. The highest BCUT2D eigenvalue weighted by Gasteiger charge is 2.05. The summed E-state index contributed by atoms with van der Waals surface area (Å²) in [5.41, 5.74) is 1.15. The normalized spacial score (nSPS) is 11.7. The van der Waals surface area contributed by atoms with Gasteiger partial charge in [-0.25, -0.2) is 0 Å². The zero-order chi connectivity index (χ0) is 10.7. The summed E-state index contributed by atoms with van der Waals surface area (Å²) in [6.45, 7) is 0. The monoisotopic (exact) mass is 256 g/mol. The molecular formula is C10H10NOS3+. The molecule has 0 unspecified atom stereocenters. The number of hydrogen-bond donors (Lipinski definition) is 0. The van der Waals surface area contributed by atoms with E-state index < -0.39 is 0 Å². The van der Waals surface area contributed by atoms with Crippen LogP contribution in [0.1, 0.15) is 0 Å². The van der Waals surface area contributed by atoms with Crippen LogP contribution < -0.4 is 4.74 Å². The zero-order valence-corrected chi connectivity index (χ0v) is 10.8. The average molecular weight is 256 g/mol. The molecule has 0 atom stereocenters. The van der Waals surface area contributed by atoms with Crippen molar-refractivity contribution >= 4 is 34.2 Å². The molecule has 0 N–H and O–H groups in total. The molecule has 1 aromatic carbocycles. The fraction of sp³-hybridized carbons (Fsp3) is 0.200. The highest BCUT2D eigenvalue weighted by Crippen LogP contribution is 2.26. The van der Waals surface area contributed by atoms with Gasteiger partial charge in [0.1, 0.15) is 10.8 Å². The lowest BCUT2D eigenvalue weighted by Crippen LogP contribution is -1.81. The molecule has 0 aliphatic carbocycles. The van der Waals surface area contributed by atoms with Crippen LogP contribution in [0.3, 0.4) is 0 Å². The maximum Gasteiger partial charge on any atom is 0.352 e. The number of aromatic nitrogens is 1. The van der Waals surface area contributed by atoms with Gasteiger partial charge in [0.2, 0.25) is 11.4 Å². The fourth-order valence-electron chi connectivity index (χ4n) is 1.12. The van der Waals surface area contributed by atoms with Gasteiger partial charge in [-0.3, -0.25) is 0 Å². The van der Waals surface area contributed by atoms with E-state index in [1.165, 1.54) is 3.14 Å². The summed E-state index contributed by atoms with van der Waals surface area (Å²) in [6, 6.07) is 7.99. The van der Waals surface area contributed by atoms with Crippen molar-refractivity contribution < 1.29 is 4.74 Å². The number of nitrogens with zero attached hydrogens (tertiary/aromatic N) is 1. The third-order valence-electron chi connectivity index (χ3n) is 1.89. The first-order valence-corrected chi connectivity index (χ1v) is 7.13. The Balaban J connectivity index is 2.37. The highest BCUT2D eigenvalue weighted by atomic mass is 32.2. The van der Waals surface area contributed by atoms with Crippen LogP contribution in [-0.2, 0) is 11.4 Å². The van der Waals surface area contributed by atoms with Crippen LogP contribution >= 0.6 is 22.9 Å². The molecule has 0 radical (unpaired) electrons. The van der Waals surface area contributed by atoms with Gasteiger partial charge in [-0.15, -0.1) is 0 Å². The van der Waals surface area contributed by atoms with Gasteiger partial charge in [-0.2, -0.15) is 4.37 Å². The number of benzene rings is 1. The topological polar surface area (TPSA) is 22.1 Å². The van der Waals surface area contributed by atoms with E-state index >= 15 is 0 Å². The van der Waals surface area contributed by atoms with E-state index in [9.17, 15) is 0 Å². The van der Waals surface area contributed by atoms with E-state index in [1.807, 2.05) is 24.3 Å². The van der Waals surface area contributed by atoms with Crippen molar-refractivity contribution in [1.82, 2.24) is 4.37 Å². The van der Waals surface area contributed by atoms with Gasteiger partial charge < -0.3 is 4.74 Å². The quantitative estimate of drug-likeness (QED) is 0.608. The Labute approximate surface area is 100 Å². The Morgan fingerprint density at radius 2 is 2.00 bits per heavy atom. The lowest BCUT2D eigenvalue weighted by atomic mass is 10.2. The Morgan fingerprint density at radius 1 is 1.27 bits per heavy atom. The third-order valence-corrected chi connectivity index (χ3v) is 5.39. The molecule has 0 amide bonds. The first kappa shape index (κ1) is 10.7. The number of rotatable bonds is 2. The molecule has 1 heterocycles. The first-order chi connectivity index (χ1) is 7.33. The second kappa shape index (κ2) is 4.83. The minimum absolute atomic E-state index is 0.879. The Bertz CT molecular complexity index is 498. The standard InChI is InChI=1S/C10H10NOS3/c1-12-8-5-3-7(4-6-8)9-11-15-10(13-2)14-9/h3-6H,1-2H3/q+1. The largest absolute Gasteiger partial charge is 0.497 e. The van der Waals surface area contributed by atoms with Crippen molar-refractivity contribution in [3.05, 3.63) is 27.4 Å². The molecule has 0 aliphatic rings. The minimum Gasteiger partial charge on any atom is -0.497 e. The molecule has 78 valence electrons. The third kappa shape index (κ3) is 2.42. The summed E-state index contributed by atoms with van der Waals surface area (Å²) in [6.07, 6.45) is 2.07. The van der Waals surface area contributed by atoms with Gasteiger partial charge in [0, 0.05) is 17.1 Å². The molecule has 5 heteroatoms. The van der Waals surface area contributed by atoms with E-state index in [2.05, 4.69) is 10.6 Å². The molecule has 0 spiro atoms. The summed E-state index contributed by atoms with van der Waals surface area (Å²) in [5.74, 6) is 0.879. The van der Waals surface area contributed by atoms with Crippen LogP contribution in [-0.4, -0.2) is 17.7 Å². The predicted molar refractivity (Wildman–Crippen MR) is 68.5 cm³/mol. The molecule has 2 rings (SSSR count). The van der Waals surface area contributed by atoms with Gasteiger partial charge in [-0.05, 0) is 35.6 Å². The van der Waals surface area contributed by atoms with Gasteiger partial charge in [0.05, 0.1) is 7.11 Å². The van der Waals surface area contributed by atoms with E-state index in [1.54, 1.807) is 41.3 Å². The molecule has 0 aliphatic heterocycles. The van der Waals surface area contributed by atoms with Crippen molar-refractivity contribution in [3.8, 4) is 16.3 Å². The van der Waals surface area contributed by atoms with Gasteiger partial charge >= 0.3 is 3.14 Å². The molecule has 2 nitrogen and oxygen atoms in total. The second-order valence-corrected chi connectivity index (χ2v) is 6.14. The lowest BCUT2D eigenvalue weighted by Gasteiger charge is -1.99. The average Bonchev–Trinajstić information content (AvgIpc) is 2.78. The highest BCUT2D eigenvalue weighted by molar-refractivity contribution is 7.74. The van der Waals surface area contributed by atoms with E-state index in [-0.39, 0.29) is 0 Å². The minimum atomic E-state index is 0.879. The summed E-state index contributed by atoms with van der Waals surface area (Å²) in [5, 5.41) is 1.08. The van der Waals surface area contributed by atoms with Crippen LogP contribution in [0, 0.1) is 3.14 Å². The van der Waals surface area contributed by atoms with E-state index in [0.29, 0.717) is 0 Å². The number of hydrogen-bond acceptors (Lipinski definition) is 4. The Kier molecular flexibility index (Phi) is 3.45. The van der Waals surface area contributed by atoms with E-state index in [4.69, 9.17) is 4.74 Å².